The lowest BCUT2D eigenvalue weighted by atomic mass is 10.1. The third-order valence-electron chi connectivity index (χ3n) is 3.03. The van der Waals surface area contributed by atoms with Gasteiger partial charge in [-0.25, -0.2) is 0 Å². The molecule has 3 rings (SSSR count). The van der Waals surface area contributed by atoms with Gasteiger partial charge in [-0.1, -0.05) is 36.4 Å². The van der Waals surface area contributed by atoms with Gasteiger partial charge in [0.05, 0.1) is 5.52 Å². The highest BCUT2D eigenvalue weighted by molar-refractivity contribution is 7.98. The van der Waals surface area contributed by atoms with E-state index in [0.29, 0.717) is 0 Å². The maximum absolute atomic E-state index is 3.50. The molecule has 0 saturated heterocycles. The van der Waals surface area contributed by atoms with E-state index >= 15 is 0 Å². The fourth-order valence-corrected chi connectivity index (χ4v) is 3.05. The summed E-state index contributed by atoms with van der Waals surface area (Å²) in [5, 5.41) is 3.94. The van der Waals surface area contributed by atoms with Crippen LogP contribution in [0.5, 0.6) is 0 Å². The molecular weight excluding hydrogens is 214 g/mol. The molecule has 0 atom stereocenters. The second-order valence-electron chi connectivity index (χ2n) is 3.99. The first-order chi connectivity index (χ1) is 7.81. The van der Waals surface area contributed by atoms with Crippen LogP contribution in [0.15, 0.2) is 41.3 Å². The van der Waals surface area contributed by atoms with Crippen molar-refractivity contribution in [3.05, 3.63) is 42.1 Å². The smallest absolute Gasteiger partial charge is 0.0547 e. The second-order valence-corrected chi connectivity index (χ2v) is 4.81. The van der Waals surface area contributed by atoms with Crippen molar-refractivity contribution >= 4 is 33.4 Å². The number of hydrogen-bond acceptors (Lipinski definition) is 1. The zero-order valence-corrected chi connectivity index (χ0v) is 10.2. The van der Waals surface area contributed by atoms with Crippen molar-refractivity contribution in [2.24, 2.45) is 0 Å². The van der Waals surface area contributed by atoms with E-state index in [1.165, 1.54) is 32.3 Å². The predicted molar refractivity (Wildman–Crippen MR) is 72.3 cm³/mol. The molecule has 0 fully saturated rings. The molecule has 1 aromatic heterocycles. The molecule has 0 aliphatic rings. The molecule has 0 unspecified atom stereocenters. The second kappa shape index (κ2) is 3.56. The van der Waals surface area contributed by atoms with Crippen molar-refractivity contribution in [2.45, 2.75) is 11.8 Å². The fraction of sp³-hybridized carbons (Fsp3) is 0.143. The molecule has 16 heavy (non-hydrogen) atoms. The Morgan fingerprint density at radius 1 is 1.00 bits per heavy atom. The molecule has 0 spiro atoms. The number of thioether (sulfide) groups is 1. The molecule has 3 aromatic rings. The third kappa shape index (κ3) is 1.26. The number of nitrogens with one attached hydrogen (secondary N) is 1. The first kappa shape index (κ1) is 9.79. The highest BCUT2D eigenvalue weighted by Gasteiger charge is 2.09. The zero-order valence-electron chi connectivity index (χ0n) is 9.37. The largest absolute Gasteiger partial charge is 0.357 e. The van der Waals surface area contributed by atoms with Gasteiger partial charge in [0.25, 0.3) is 0 Å². The van der Waals surface area contributed by atoms with Gasteiger partial charge in [0.15, 0.2) is 0 Å². The van der Waals surface area contributed by atoms with Crippen molar-refractivity contribution in [1.82, 2.24) is 4.98 Å². The lowest BCUT2D eigenvalue weighted by Crippen LogP contribution is -1.74. The van der Waals surface area contributed by atoms with Crippen LogP contribution in [0.3, 0.4) is 0 Å². The number of H-pyrrole nitrogens is 1. The Morgan fingerprint density at radius 3 is 2.62 bits per heavy atom. The van der Waals surface area contributed by atoms with Crippen molar-refractivity contribution in [1.29, 1.82) is 0 Å². The Bertz CT molecular complexity index is 667. The molecule has 1 N–H and O–H groups in total. The average Bonchev–Trinajstić information content (AvgIpc) is 2.65. The molecule has 1 nitrogen and oxygen atoms in total. The van der Waals surface area contributed by atoms with Crippen molar-refractivity contribution < 1.29 is 0 Å². The Hall–Kier alpha value is -1.41. The Kier molecular flexibility index (Phi) is 2.18. The van der Waals surface area contributed by atoms with Crippen LogP contribution in [0, 0.1) is 6.92 Å². The molecule has 0 aliphatic heterocycles. The van der Waals surface area contributed by atoms with E-state index in [1.54, 1.807) is 0 Å². The molecule has 80 valence electrons. The molecule has 1 heterocycles. The van der Waals surface area contributed by atoms with Gasteiger partial charge < -0.3 is 4.98 Å². The topological polar surface area (TPSA) is 15.8 Å². The molecule has 0 saturated carbocycles. The fourth-order valence-electron chi connectivity index (χ4n) is 2.30. The van der Waals surface area contributed by atoms with E-state index in [2.05, 4.69) is 54.6 Å². The van der Waals surface area contributed by atoms with Gasteiger partial charge in [0, 0.05) is 21.4 Å². The number of fused-ring (bicyclic) bond motifs is 3. The van der Waals surface area contributed by atoms with Gasteiger partial charge in [-0.05, 0) is 18.6 Å². The maximum Gasteiger partial charge on any atom is 0.0547 e. The normalized spacial score (nSPS) is 11.4. The quantitative estimate of drug-likeness (QED) is 0.611. The summed E-state index contributed by atoms with van der Waals surface area (Å²) in [6, 6.07) is 12.9. The molecule has 0 radical (unpaired) electrons. The summed E-state index contributed by atoms with van der Waals surface area (Å²) in [5.74, 6) is 0. The molecule has 2 aromatic carbocycles. The summed E-state index contributed by atoms with van der Waals surface area (Å²) < 4.78 is 0. The lowest BCUT2D eigenvalue weighted by Gasteiger charge is -1.99. The Labute approximate surface area is 98.9 Å². The van der Waals surface area contributed by atoms with E-state index in [-0.39, 0.29) is 0 Å². The number of rotatable bonds is 1. The molecule has 0 aliphatic carbocycles. The van der Waals surface area contributed by atoms with Gasteiger partial charge in [0.2, 0.25) is 0 Å². The molecule has 2 heteroatoms. The van der Waals surface area contributed by atoms with E-state index in [0.717, 1.165) is 0 Å². The Balaban J connectivity index is 2.52. The summed E-state index contributed by atoms with van der Waals surface area (Å²) in [6.45, 7) is 2.14. The molecule has 0 amide bonds. The maximum atomic E-state index is 3.50. The van der Waals surface area contributed by atoms with Crippen LogP contribution in [0.1, 0.15) is 5.69 Å². The van der Waals surface area contributed by atoms with Crippen molar-refractivity contribution in [3.63, 3.8) is 0 Å². The average molecular weight is 227 g/mol. The van der Waals surface area contributed by atoms with Crippen LogP contribution in [-0.2, 0) is 0 Å². The van der Waals surface area contributed by atoms with Crippen LogP contribution in [0.4, 0.5) is 0 Å². The van der Waals surface area contributed by atoms with Gasteiger partial charge in [-0.2, -0.15) is 0 Å². The SMILES string of the molecule is CSc1c(C)[nH]c2c1ccc1ccccc12. The van der Waals surface area contributed by atoms with Gasteiger partial charge in [-0.15, -0.1) is 11.8 Å². The lowest BCUT2D eigenvalue weighted by molar-refractivity contribution is 1.23. The van der Waals surface area contributed by atoms with E-state index in [1.807, 2.05) is 11.8 Å². The minimum Gasteiger partial charge on any atom is -0.357 e. The van der Waals surface area contributed by atoms with Crippen LogP contribution in [0.2, 0.25) is 0 Å². The van der Waals surface area contributed by atoms with Crippen LogP contribution < -0.4 is 0 Å². The summed E-state index contributed by atoms with van der Waals surface area (Å²) in [7, 11) is 0. The highest BCUT2D eigenvalue weighted by atomic mass is 32.2. The standard InChI is InChI=1S/C14H13NS/c1-9-14(16-2)12-8-7-10-5-3-4-6-11(10)13(12)15-9/h3-8,15H,1-2H3. The number of aromatic amines is 1. The Morgan fingerprint density at radius 2 is 1.81 bits per heavy atom. The van der Waals surface area contributed by atoms with Gasteiger partial charge in [-0.3, -0.25) is 0 Å². The summed E-state index contributed by atoms with van der Waals surface area (Å²) in [4.78, 5) is 4.86. The van der Waals surface area contributed by atoms with Gasteiger partial charge >= 0.3 is 0 Å². The van der Waals surface area contributed by atoms with Crippen LogP contribution >= 0.6 is 11.8 Å². The minimum absolute atomic E-state index is 1.26. The minimum atomic E-state index is 1.26. The molecular formula is C14H13NS. The van der Waals surface area contributed by atoms with Crippen LogP contribution in [-0.4, -0.2) is 11.2 Å². The molecule has 0 bridgehead atoms. The number of hydrogen-bond donors (Lipinski definition) is 1. The van der Waals surface area contributed by atoms with E-state index in [9.17, 15) is 0 Å². The predicted octanol–water partition coefficient (Wildman–Crippen LogP) is 4.35. The third-order valence-corrected chi connectivity index (χ3v) is 3.97. The monoisotopic (exact) mass is 227 g/mol. The first-order valence-corrected chi connectivity index (χ1v) is 6.58. The van der Waals surface area contributed by atoms with Crippen molar-refractivity contribution in [3.8, 4) is 0 Å². The zero-order chi connectivity index (χ0) is 11.1. The van der Waals surface area contributed by atoms with Crippen molar-refractivity contribution in [2.75, 3.05) is 6.26 Å². The van der Waals surface area contributed by atoms with Gasteiger partial charge in [0.1, 0.15) is 0 Å². The summed E-state index contributed by atoms with van der Waals surface area (Å²) in [6.07, 6.45) is 2.13. The summed E-state index contributed by atoms with van der Waals surface area (Å²) in [5.41, 5.74) is 2.53. The van der Waals surface area contributed by atoms with E-state index in [4.69, 9.17) is 0 Å². The summed E-state index contributed by atoms with van der Waals surface area (Å²) >= 11 is 1.81. The number of benzene rings is 2. The first-order valence-electron chi connectivity index (χ1n) is 5.35. The van der Waals surface area contributed by atoms with E-state index < -0.39 is 0 Å². The number of aromatic nitrogens is 1. The highest BCUT2D eigenvalue weighted by Crippen LogP contribution is 2.33. The number of aryl methyl sites for hydroxylation is 1. The van der Waals surface area contributed by atoms with Crippen LogP contribution in [0.25, 0.3) is 21.7 Å².